The van der Waals surface area contributed by atoms with Crippen LogP contribution in [0, 0.1) is 5.92 Å². The molecule has 0 saturated heterocycles. The highest BCUT2D eigenvalue weighted by Gasteiger charge is 2.30. The predicted molar refractivity (Wildman–Crippen MR) is 154 cm³/mol. The van der Waals surface area contributed by atoms with E-state index >= 15 is 0 Å². The van der Waals surface area contributed by atoms with Crippen molar-refractivity contribution in [2.75, 3.05) is 38.0 Å². The second kappa shape index (κ2) is 12.5. The molecule has 0 aliphatic heterocycles. The molecule has 1 aliphatic rings. The number of para-hydroxylation sites is 1. The van der Waals surface area contributed by atoms with Crippen molar-refractivity contribution in [1.29, 1.82) is 0 Å². The molecule has 1 fully saturated rings. The minimum Gasteiger partial charge on any atom is -0.494 e. The normalized spacial score (nSPS) is 12.9. The number of benzene rings is 1. The van der Waals surface area contributed by atoms with Crippen LogP contribution in [0.3, 0.4) is 0 Å². The molecule has 0 atom stereocenters. The third-order valence-corrected chi connectivity index (χ3v) is 6.01. The minimum atomic E-state index is -2.01. The molecule has 0 bridgehead atoms. The molecule has 13 nitrogen and oxygen atoms in total. The number of carbonyl (C=O) groups excluding carboxylic acids is 3. The van der Waals surface area contributed by atoms with Crippen LogP contribution in [-0.4, -0.2) is 93.8 Å². The van der Waals surface area contributed by atoms with Crippen molar-refractivity contribution in [3.63, 3.8) is 0 Å². The van der Waals surface area contributed by atoms with Gasteiger partial charge in [-0.25, -0.2) is 0 Å². The summed E-state index contributed by atoms with van der Waals surface area (Å²) in [5, 5.41) is 21.2. The van der Waals surface area contributed by atoms with Crippen molar-refractivity contribution in [3.8, 4) is 17.0 Å². The Hall–Kier alpha value is -4.33. The Bertz CT molecular complexity index is 1460. The molecule has 4 rings (SSSR count). The van der Waals surface area contributed by atoms with E-state index in [0.29, 0.717) is 41.5 Å². The Morgan fingerprint density at radius 1 is 1.07 bits per heavy atom. The summed E-state index contributed by atoms with van der Waals surface area (Å²) in [5.41, 5.74) is 1.74. The fraction of sp³-hybridized carbons (Fsp3) is 0.360. The number of methoxy groups -OCH3 is 2. The van der Waals surface area contributed by atoms with Crippen LogP contribution in [0.2, 0.25) is 0 Å². The summed E-state index contributed by atoms with van der Waals surface area (Å²) in [6.07, 6.45) is 1.59. The quantitative estimate of drug-likeness (QED) is 0.182. The van der Waals surface area contributed by atoms with Crippen LogP contribution in [-0.2, 0) is 16.6 Å². The number of anilines is 3. The SMILES string of the molecule is [B]C([B])([B])NC(=O)c1nnc(NC(=O)C2CC2)cc1Nc1cccc(-c2cc(C(=O)NCCOC)n(C)n2)c1OC. The van der Waals surface area contributed by atoms with Crippen molar-refractivity contribution in [2.45, 2.75) is 18.1 Å². The van der Waals surface area contributed by atoms with Gasteiger partial charge in [-0.15, -0.1) is 10.2 Å². The lowest BCUT2D eigenvalue weighted by Gasteiger charge is -2.23. The second-order valence-corrected chi connectivity index (χ2v) is 9.44. The van der Waals surface area contributed by atoms with E-state index in [2.05, 4.69) is 36.6 Å². The zero-order chi connectivity index (χ0) is 29.7. The average Bonchev–Trinajstić information content (AvgIpc) is 3.69. The van der Waals surface area contributed by atoms with E-state index in [4.69, 9.17) is 33.0 Å². The molecular weight excluding hydrogens is 525 g/mol. The van der Waals surface area contributed by atoms with Crippen molar-refractivity contribution in [3.05, 3.63) is 41.7 Å². The van der Waals surface area contributed by atoms with Crippen LogP contribution in [0.15, 0.2) is 30.3 Å². The Morgan fingerprint density at radius 2 is 1.83 bits per heavy atom. The molecule has 0 unspecified atom stereocenters. The highest BCUT2D eigenvalue weighted by atomic mass is 16.5. The zero-order valence-corrected chi connectivity index (χ0v) is 22.9. The number of rotatable bonds is 12. The maximum atomic E-state index is 12.9. The van der Waals surface area contributed by atoms with Gasteiger partial charge in [-0.2, -0.15) is 5.10 Å². The highest BCUT2D eigenvalue weighted by Crippen LogP contribution is 2.38. The molecule has 1 saturated carbocycles. The molecule has 41 heavy (non-hydrogen) atoms. The maximum Gasteiger partial charge on any atom is 0.272 e. The zero-order valence-electron chi connectivity index (χ0n) is 22.9. The van der Waals surface area contributed by atoms with Crippen molar-refractivity contribution >= 4 is 58.5 Å². The van der Waals surface area contributed by atoms with Crippen molar-refractivity contribution < 1.29 is 23.9 Å². The van der Waals surface area contributed by atoms with Gasteiger partial charge >= 0.3 is 0 Å². The maximum absolute atomic E-state index is 12.9. The lowest BCUT2D eigenvalue weighted by molar-refractivity contribution is -0.117. The third kappa shape index (κ3) is 7.45. The lowest BCUT2D eigenvalue weighted by Crippen LogP contribution is -2.50. The number of nitrogens with zero attached hydrogens (tertiary/aromatic N) is 4. The first kappa shape index (κ1) is 29.7. The summed E-state index contributed by atoms with van der Waals surface area (Å²) in [5.74, 6) is -0.906. The standard InChI is InChI=1S/C25H27B3N8O5/c1-36-18(23(38)29-9-10-40-2)11-16(35-36)14-5-4-6-15(21(14)41-3)30-17-12-19(31-22(37)13-7-8-13)33-34-20(17)24(39)32-25(26,27)28/h4-6,11-13H,7-10H2,1-3H3,(H,29,38)(H,32,39)(H2,30,31,33,37). The number of hydrogen-bond acceptors (Lipinski definition) is 9. The molecular formula is C25H27B3N8O5. The van der Waals surface area contributed by atoms with Gasteiger partial charge in [0.2, 0.25) is 5.91 Å². The van der Waals surface area contributed by atoms with Gasteiger partial charge in [0, 0.05) is 38.2 Å². The molecule has 206 valence electrons. The van der Waals surface area contributed by atoms with Gasteiger partial charge in [0.25, 0.3) is 11.8 Å². The predicted octanol–water partition coefficient (Wildman–Crippen LogP) is 0.201. The largest absolute Gasteiger partial charge is 0.494 e. The molecule has 3 aromatic rings. The third-order valence-electron chi connectivity index (χ3n) is 6.01. The van der Waals surface area contributed by atoms with Gasteiger partial charge in [-0.1, -0.05) is 11.3 Å². The summed E-state index contributed by atoms with van der Waals surface area (Å²) >= 11 is 0. The summed E-state index contributed by atoms with van der Waals surface area (Å²) in [6, 6.07) is 8.29. The second-order valence-electron chi connectivity index (χ2n) is 9.44. The van der Waals surface area contributed by atoms with Gasteiger partial charge in [-0.3, -0.25) is 19.1 Å². The summed E-state index contributed by atoms with van der Waals surface area (Å²) < 4.78 is 12.1. The monoisotopic (exact) mass is 552 g/mol. The first-order valence-corrected chi connectivity index (χ1v) is 12.6. The summed E-state index contributed by atoms with van der Waals surface area (Å²) in [7, 11) is 21.3. The highest BCUT2D eigenvalue weighted by molar-refractivity contribution is 6.60. The Kier molecular flexibility index (Phi) is 9.01. The number of ether oxygens (including phenoxy) is 2. The number of aromatic nitrogens is 4. The van der Waals surface area contributed by atoms with E-state index < -0.39 is 11.1 Å². The van der Waals surface area contributed by atoms with Crippen LogP contribution in [0.5, 0.6) is 5.75 Å². The molecule has 1 aromatic carbocycles. The van der Waals surface area contributed by atoms with E-state index in [0.717, 1.165) is 12.8 Å². The minimum absolute atomic E-state index is 0.0781. The summed E-state index contributed by atoms with van der Waals surface area (Å²) in [4.78, 5) is 37.8. The lowest BCUT2D eigenvalue weighted by atomic mass is 9.49. The molecule has 6 radical (unpaired) electrons. The van der Waals surface area contributed by atoms with Crippen LogP contribution in [0.25, 0.3) is 11.3 Å². The van der Waals surface area contributed by atoms with Gasteiger partial charge in [0.05, 0.1) is 54.3 Å². The molecule has 3 amide bonds. The Labute approximate surface area is 240 Å². The number of hydrogen-bond donors (Lipinski definition) is 4. The Morgan fingerprint density at radius 3 is 2.49 bits per heavy atom. The van der Waals surface area contributed by atoms with Gasteiger partial charge in [0.15, 0.2) is 17.3 Å². The molecule has 1 aliphatic carbocycles. The number of nitrogens with one attached hydrogen (secondary N) is 4. The average molecular weight is 552 g/mol. The van der Waals surface area contributed by atoms with E-state index in [1.165, 1.54) is 17.9 Å². The van der Waals surface area contributed by atoms with E-state index in [9.17, 15) is 14.4 Å². The molecule has 0 spiro atoms. The number of amides is 3. The topological polar surface area (TPSA) is 161 Å². The molecule has 2 aromatic heterocycles. The number of carbonyl (C=O) groups is 3. The van der Waals surface area contributed by atoms with Crippen molar-refractivity contribution in [1.82, 2.24) is 30.6 Å². The fourth-order valence-corrected chi connectivity index (χ4v) is 3.92. The van der Waals surface area contributed by atoms with Gasteiger partial charge in [0.1, 0.15) is 5.69 Å². The number of aryl methyl sites for hydroxylation is 1. The van der Waals surface area contributed by atoms with Crippen LogP contribution < -0.4 is 26.0 Å². The summed E-state index contributed by atoms with van der Waals surface area (Å²) in [6.45, 7) is 0.716. The van der Waals surface area contributed by atoms with Crippen LogP contribution >= 0.6 is 0 Å². The molecule has 4 N–H and O–H groups in total. The first-order chi connectivity index (χ1) is 19.5. The van der Waals surface area contributed by atoms with E-state index in [1.807, 2.05) is 0 Å². The smallest absolute Gasteiger partial charge is 0.272 e. The Balaban J connectivity index is 1.68. The molecule has 16 heteroatoms. The van der Waals surface area contributed by atoms with Crippen molar-refractivity contribution in [2.24, 2.45) is 13.0 Å². The van der Waals surface area contributed by atoms with E-state index in [1.54, 1.807) is 38.4 Å². The van der Waals surface area contributed by atoms with Gasteiger partial charge < -0.3 is 30.7 Å². The van der Waals surface area contributed by atoms with Crippen LogP contribution in [0.4, 0.5) is 17.2 Å². The molecule has 2 heterocycles. The van der Waals surface area contributed by atoms with Gasteiger partial charge in [-0.05, 0) is 31.0 Å². The first-order valence-electron chi connectivity index (χ1n) is 12.6. The van der Waals surface area contributed by atoms with Crippen LogP contribution in [0.1, 0.15) is 33.8 Å². The van der Waals surface area contributed by atoms with E-state index in [-0.39, 0.29) is 34.9 Å². The fourth-order valence-electron chi connectivity index (χ4n) is 3.92.